The van der Waals surface area contributed by atoms with Gasteiger partial charge >= 0.3 is 6.11 Å². The minimum atomic E-state index is -3.32. The molecular weight excluding hydrogens is 294 g/mol. The third kappa shape index (κ3) is 3.90. The molecule has 0 aliphatic heterocycles. The van der Waals surface area contributed by atoms with E-state index in [2.05, 4.69) is 6.92 Å². The lowest BCUT2D eigenvalue weighted by Crippen LogP contribution is -2.21. The molecule has 1 aliphatic carbocycles. The Labute approximate surface area is 136 Å². The van der Waals surface area contributed by atoms with Gasteiger partial charge in [-0.15, -0.1) is 0 Å². The van der Waals surface area contributed by atoms with Gasteiger partial charge in [0.1, 0.15) is 5.75 Å². The van der Waals surface area contributed by atoms with Crippen molar-refractivity contribution in [2.24, 2.45) is 5.92 Å². The number of benzene rings is 2. The second kappa shape index (κ2) is 6.69. The van der Waals surface area contributed by atoms with Crippen LogP contribution in [0.2, 0.25) is 0 Å². The molecule has 0 saturated heterocycles. The molecule has 0 N–H and O–H groups in total. The molecule has 0 heterocycles. The second-order valence-electron chi connectivity index (χ2n) is 6.51. The molecular formula is C20H22F2O. The number of rotatable bonds is 4. The molecule has 23 heavy (non-hydrogen) atoms. The summed E-state index contributed by atoms with van der Waals surface area (Å²) in [4.78, 5) is 0. The topological polar surface area (TPSA) is 9.23 Å². The van der Waals surface area contributed by atoms with Crippen molar-refractivity contribution in [3.8, 4) is 5.75 Å². The average molecular weight is 316 g/mol. The largest absolute Gasteiger partial charge is 0.429 e. The standard InChI is InChI=1S/C20H22F2O/c1-15-7-9-16(10-8-15)17-11-13-19(14-12-17)23-20(21,22)18-5-3-2-4-6-18/h2-6,11-16H,7-10H2,1H3. The van der Waals surface area contributed by atoms with Crippen molar-refractivity contribution < 1.29 is 13.5 Å². The number of hydrogen-bond acceptors (Lipinski definition) is 1. The first-order valence-electron chi connectivity index (χ1n) is 8.27. The maximum Gasteiger partial charge on any atom is 0.426 e. The molecule has 0 radical (unpaired) electrons. The van der Waals surface area contributed by atoms with E-state index in [-0.39, 0.29) is 11.3 Å². The summed E-state index contributed by atoms with van der Waals surface area (Å²) in [6, 6.07) is 14.8. The molecule has 0 aromatic heterocycles. The zero-order valence-electron chi connectivity index (χ0n) is 13.3. The van der Waals surface area contributed by atoms with E-state index in [9.17, 15) is 8.78 Å². The molecule has 3 heteroatoms. The van der Waals surface area contributed by atoms with Crippen LogP contribution in [0, 0.1) is 5.92 Å². The molecule has 122 valence electrons. The minimum Gasteiger partial charge on any atom is -0.429 e. The lowest BCUT2D eigenvalue weighted by Gasteiger charge is -2.26. The second-order valence-corrected chi connectivity index (χ2v) is 6.51. The lowest BCUT2D eigenvalue weighted by atomic mass is 9.79. The normalized spacial score (nSPS) is 21.9. The Morgan fingerprint density at radius 2 is 1.48 bits per heavy atom. The molecule has 1 saturated carbocycles. The highest BCUT2D eigenvalue weighted by atomic mass is 19.3. The van der Waals surface area contributed by atoms with E-state index >= 15 is 0 Å². The van der Waals surface area contributed by atoms with Crippen LogP contribution in [0.15, 0.2) is 54.6 Å². The third-order valence-corrected chi connectivity index (χ3v) is 4.72. The molecule has 0 bridgehead atoms. The SMILES string of the molecule is CC1CCC(c2ccc(OC(F)(F)c3ccccc3)cc2)CC1. The molecule has 1 nitrogen and oxygen atoms in total. The van der Waals surface area contributed by atoms with Crippen LogP contribution in [0.25, 0.3) is 0 Å². The Morgan fingerprint density at radius 1 is 0.870 bits per heavy atom. The maximum absolute atomic E-state index is 14.1. The van der Waals surface area contributed by atoms with E-state index < -0.39 is 6.11 Å². The van der Waals surface area contributed by atoms with Gasteiger partial charge in [0.2, 0.25) is 0 Å². The van der Waals surface area contributed by atoms with Crippen LogP contribution in [0.5, 0.6) is 5.75 Å². The van der Waals surface area contributed by atoms with Crippen LogP contribution >= 0.6 is 0 Å². The van der Waals surface area contributed by atoms with E-state index in [1.807, 2.05) is 12.1 Å². The Hall–Kier alpha value is -1.90. The molecule has 2 aromatic rings. The fraction of sp³-hybridized carbons (Fsp3) is 0.400. The summed E-state index contributed by atoms with van der Waals surface area (Å²) < 4.78 is 33.1. The van der Waals surface area contributed by atoms with Crippen molar-refractivity contribution in [3.63, 3.8) is 0 Å². The number of hydrogen-bond donors (Lipinski definition) is 0. The number of halogens is 2. The number of ether oxygens (including phenoxy) is 1. The first kappa shape index (κ1) is 16.0. The lowest BCUT2D eigenvalue weighted by molar-refractivity contribution is -0.185. The van der Waals surface area contributed by atoms with Gasteiger partial charge in [-0.25, -0.2) is 0 Å². The molecule has 0 amide bonds. The Balaban J connectivity index is 1.68. The van der Waals surface area contributed by atoms with Crippen LogP contribution < -0.4 is 4.74 Å². The van der Waals surface area contributed by atoms with Gasteiger partial charge in [-0.3, -0.25) is 0 Å². The van der Waals surface area contributed by atoms with Crippen molar-refractivity contribution >= 4 is 0 Å². The summed E-state index contributed by atoms with van der Waals surface area (Å²) in [6.07, 6.45) is 1.54. The summed E-state index contributed by atoms with van der Waals surface area (Å²) >= 11 is 0. The van der Waals surface area contributed by atoms with Gasteiger partial charge < -0.3 is 4.74 Å². The third-order valence-electron chi connectivity index (χ3n) is 4.72. The molecule has 0 spiro atoms. The zero-order valence-corrected chi connectivity index (χ0v) is 13.3. The van der Waals surface area contributed by atoms with Gasteiger partial charge in [-0.1, -0.05) is 50.1 Å². The quantitative estimate of drug-likeness (QED) is 0.661. The molecule has 2 aromatic carbocycles. The van der Waals surface area contributed by atoms with Crippen LogP contribution in [0.1, 0.15) is 49.7 Å². The van der Waals surface area contributed by atoms with Crippen molar-refractivity contribution in [2.75, 3.05) is 0 Å². The van der Waals surface area contributed by atoms with Gasteiger partial charge in [0, 0.05) is 0 Å². The zero-order chi connectivity index (χ0) is 16.3. The van der Waals surface area contributed by atoms with Gasteiger partial charge in [0.15, 0.2) is 0 Å². The Kier molecular flexibility index (Phi) is 4.65. The summed E-state index contributed by atoms with van der Waals surface area (Å²) in [7, 11) is 0. The summed E-state index contributed by atoms with van der Waals surface area (Å²) in [5, 5.41) is 0. The molecule has 3 rings (SSSR count). The summed E-state index contributed by atoms with van der Waals surface area (Å²) in [5.41, 5.74) is 1.10. The Bertz CT molecular complexity index is 614. The van der Waals surface area contributed by atoms with Crippen LogP contribution in [-0.4, -0.2) is 0 Å². The van der Waals surface area contributed by atoms with Gasteiger partial charge in [-0.2, -0.15) is 8.78 Å². The molecule has 0 atom stereocenters. The first-order chi connectivity index (χ1) is 11.0. The molecule has 1 aliphatic rings. The van der Waals surface area contributed by atoms with Gasteiger partial charge in [0.05, 0.1) is 5.56 Å². The fourth-order valence-electron chi connectivity index (χ4n) is 3.24. The van der Waals surface area contributed by atoms with Crippen molar-refractivity contribution in [2.45, 2.75) is 44.6 Å². The van der Waals surface area contributed by atoms with Crippen LogP contribution in [-0.2, 0) is 6.11 Å². The molecule has 1 fully saturated rings. The highest BCUT2D eigenvalue weighted by Crippen LogP contribution is 2.37. The highest BCUT2D eigenvalue weighted by molar-refractivity contribution is 5.31. The van der Waals surface area contributed by atoms with Crippen molar-refractivity contribution in [1.82, 2.24) is 0 Å². The van der Waals surface area contributed by atoms with E-state index in [0.717, 1.165) is 5.92 Å². The predicted molar refractivity (Wildman–Crippen MR) is 87.8 cm³/mol. The van der Waals surface area contributed by atoms with Gasteiger partial charge in [0.25, 0.3) is 0 Å². The minimum absolute atomic E-state index is 0.134. The Morgan fingerprint density at radius 3 is 2.09 bits per heavy atom. The summed E-state index contributed by atoms with van der Waals surface area (Å²) in [6.45, 7) is 2.29. The van der Waals surface area contributed by atoms with E-state index in [1.54, 1.807) is 30.3 Å². The fourth-order valence-corrected chi connectivity index (χ4v) is 3.24. The van der Waals surface area contributed by atoms with Crippen LogP contribution in [0.3, 0.4) is 0 Å². The molecule has 0 unspecified atom stereocenters. The monoisotopic (exact) mass is 316 g/mol. The van der Waals surface area contributed by atoms with E-state index in [4.69, 9.17) is 4.74 Å². The smallest absolute Gasteiger partial charge is 0.426 e. The predicted octanol–water partition coefficient (Wildman–Crippen LogP) is 6.11. The maximum atomic E-state index is 14.1. The van der Waals surface area contributed by atoms with E-state index in [1.165, 1.54) is 43.4 Å². The van der Waals surface area contributed by atoms with Crippen molar-refractivity contribution in [3.05, 3.63) is 65.7 Å². The highest BCUT2D eigenvalue weighted by Gasteiger charge is 2.34. The number of alkyl halides is 2. The average Bonchev–Trinajstić information content (AvgIpc) is 2.57. The van der Waals surface area contributed by atoms with E-state index in [0.29, 0.717) is 5.92 Å². The van der Waals surface area contributed by atoms with Crippen molar-refractivity contribution in [1.29, 1.82) is 0 Å². The van der Waals surface area contributed by atoms with Crippen LogP contribution in [0.4, 0.5) is 8.78 Å². The van der Waals surface area contributed by atoms with Gasteiger partial charge in [-0.05, 0) is 54.5 Å². The summed E-state index contributed by atoms with van der Waals surface area (Å²) in [5.74, 6) is 1.56. The first-order valence-corrected chi connectivity index (χ1v) is 8.27.